The van der Waals surface area contributed by atoms with Crippen LogP contribution in [0.25, 0.3) is 0 Å². The van der Waals surface area contributed by atoms with Crippen LogP contribution >= 0.6 is 15.9 Å². The fraction of sp³-hybridized carbons (Fsp3) is 0.211. The smallest absolute Gasteiger partial charge is 0.344 e. The summed E-state index contributed by atoms with van der Waals surface area (Å²) in [7, 11) is -3.66. The van der Waals surface area contributed by atoms with Crippen LogP contribution in [0.15, 0.2) is 53.0 Å². The van der Waals surface area contributed by atoms with E-state index in [9.17, 15) is 26.4 Å². The summed E-state index contributed by atoms with van der Waals surface area (Å²) in [6, 6.07) is 11.2. The summed E-state index contributed by atoms with van der Waals surface area (Å²) in [5.41, 5.74) is -0.116. The summed E-state index contributed by atoms with van der Waals surface area (Å²) < 4.78 is 62.8. The molecular formula is C19H15BrF3NO3S. The summed E-state index contributed by atoms with van der Waals surface area (Å²) in [5, 5.41) is 2.33. The van der Waals surface area contributed by atoms with E-state index in [1.807, 2.05) is 0 Å². The van der Waals surface area contributed by atoms with E-state index in [2.05, 4.69) is 33.1 Å². The van der Waals surface area contributed by atoms with Crippen molar-refractivity contribution in [1.29, 1.82) is 0 Å². The van der Waals surface area contributed by atoms with Gasteiger partial charge in [-0.05, 0) is 35.9 Å². The number of amides is 1. The lowest BCUT2D eigenvalue weighted by molar-refractivity contribution is -0.137. The van der Waals surface area contributed by atoms with Crippen molar-refractivity contribution in [2.75, 3.05) is 12.3 Å². The zero-order chi connectivity index (χ0) is 20.8. The molecule has 0 aromatic heterocycles. The number of carbonyl (C=O) groups is 1. The van der Waals surface area contributed by atoms with Crippen molar-refractivity contribution in [2.45, 2.75) is 11.9 Å². The summed E-state index contributed by atoms with van der Waals surface area (Å²) in [4.78, 5) is 11.8. The summed E-state index contributed by atoms with van der Waals surface area (Å²) in [5.74, 6) is 3.30. The fourth-order valence-corrected chi connectivity index (χ4v) is 3.77. The molecule has 148 valence electrons. The number of rotatable bonds is 5. The molecule has 0 fully saturated rings. The maximum absolute atomic E-state index is 12.6. The molecule has 0 radical (unpaired) electrons. The van der Waals surface area contributed by atoms with Crippen LogP contribution in [-0.4, -0.2) is 26.6 Å². The van der Waals surface area contributed by atoms with Gasteiger partial charge in [-0.15, -0.1) is 0 Å². The first-order valence-corrected chi connectivity index (χ1v) is 10.5. The zero-order valence-corrected chi connectivity index (χ0v) is 16.8. The Labute approximate surface area is 169 Å². The molecule has 1 N–H and O–H groups in total. The van der Waals surface area contributed by atoms with Gasteiger partial charge in [0.15, 0.2) is 9.84 Å². The van der Waals surface area contributed by atoms with E-state index in [1.54, 1.807) is 24.3 Å². The third-order valence-electron chi connectivity index (χ3n) is 3.45. The summed E-state index contributed by atoms with van der Waals surface area (Å²) in [6.45, 7) is -0.178. The molecule has 1 amide bonds. The van der Waals surface area contributed by atoms with Crippen LogP contribution in [0.4, 0.5) is 13.2 Å². The second kappa shape index (κ2) is 9.26. The number of halogens is 4. The first kappa shape index (κ1) is 22.0. The van der Waals surface area contributed by atoms with Gasteiger partial charge in [-0.1, -0.05) is 46.0 Å². The molecule has 0 heterocycles. The molecule has 0 aliphatic rings. The lowest BCUT2D eigenvalue weighted by atomic mass is 10.1. The Bertz CT molecular complexity index is 1010. The second-order valence-corrected chi connectivity index (χ2v) is 8.80. The molecule has 0 bridgehead atoms. The van der Waals surface area contributed by atoms with Crippen LogP contribution in [0.1, 0.15) is 16.7 Å². The molecule has 0 saturated carbocycles. The van der Waals surface area contributed by atoms with E-state index < -0.39 is 33.2 Å². The lowest BCUT2D eigenvalue weighted by Gasteiger charge is -2.06. The molecule has 9 heteroatoms. The van der Waals surface area contributed by atoms with E-state index in [4.69, 9.17) is 0 Å². The number of hydrogen-bond donors (Lipinski definition) is 1. The molecule has 0 aliphatic carbocycles. The number of hydrogen-bond acceptors (Lipinski definition) is 3. The van der Waals surface area contributed by atoms with Crippen molar-refractivity contribution in [3.63, 3.8) is 0 Å². The molecule has 2 aromatic rings. The van der Waals surface area contributed by atoms with Gasteiger partial charge in [0.05, 0.1) is 17.9 Å². The van der Waals surface area contributed by atoms with Crippen LogP contribution in [0.5, 0.6) is 0 Å². The monoisotopic (exact) mass is 473 g/mol. The number of benzene rings is 2. The van der Waals surface area contributed by atoms with Gasteiger partial charge >= 0.3 is 6.18 Å². The van der Waals surface area contributed by atoms with Gasteiger partial charge in [0, 0.05) is 10.0 Å². The van der Waals surface area contributed by atoms with Gasteiger partial charge in [0.2, 0.25) is 5.91 Å². The Hall–Kier alpha value is -2.31. The average Bonchev–Trinajstić information content (AvgIpc) is 2.60. The Morgan fingerprint density at radius 1 is 1.11 bits per heavy atom. The minimum Gasteiger partial charge on any atom is -0.344 e. The molecule has 0 aliphatic heterocycles. The van der Waals surface area contributed by atoms with Gasteiger partial charge < -0.3 is 5.32 Å². The Balaban J connectivity index is 1.88. The van der Waals surface area contributed by atoms with Crippen molar-refractivity contribution >= 4 is 31.7 Å². The molecule has 0 unspecified atom stereocenters. The van der Waals surface area contributed by atoms with E-state index in [0.29, 0.717) is 5.56 Å². The Kier molecular flexibility index (Phi) is 7.27. The molecule has 2 rings (SSSR count). The Morgan fingerprint density at radius 2 is 1.79 bits per heavy atom. The van der Waals surface area contributed by atoms with Gasteiger partial charge in [-0.2, -0.15) is 13.2 Å². The van der Waals surface area contributed by atoms with Crippen LogP contribution < -0.4 is 5.32 Å². The van der Waals surface area contributed by atoms with Crippen LogP contribution in [0.2, 0.25) is 0 Å². The molecule has 4 nitrogen and oxygen atoms in total. The predicted octanol–water partition coefficient (Wildman–Crippen LogP) is 3.55. The quantitative estimate of drug-likeness (QED) is 0.675. The highest BCUT2D eigenvalue weighted by atomic mass is 79.9. The molecule has 0 spiro atoms. The normalized spacial score (nSPS) is 11.4. The highest BCUT2D eigenvalue weighted by Gasteiger charge is 2.30. The standard InChI is InChI=1S/C19H15BrF3NO3S/c20-17-8-6-15(7-9-17)12-28(26,27)13-18(25)24-10-2-4-14-3-1-5-16(11-14)19(21,22)23/h1,3,5-9,11H,10,12-13H2,(H,24,25). The SMILES string of the molecule is O=C(CS(=O)(=O)Cc1ccc(Br)cc1)NCC#Cc1cccc(C(F)(F)F)c1. The summed E-state index contributed by atoms with van der Waals surface area (Å²) >= 11 is 3.25. The van der Waals surface area contributed by atoms with Gasteiger partial charge in [-0.25, -0.2) is 8.42 Å². The molecular weight excluding hydrogens is 459 g/mol. The predicted molar refractivity (Wildman–Crippen MR) is 103 cm³/mol. The van der Waals surface area contributed by atoms with Gasteiger partial charge in [-0.3, -0.25) is 4.79 Å². The fourth-order valence-electron chi connectivity index (χ4n) is 2.20. The minimum atomic E-state index is -4.46. The van der Waals surface area contributed by atoms with E-state index >= 15 is 0 Å². The molecule has 28 heavy (non-hydrogen) atoms. The Morgan fingerprint density at radius 3 is 2.43 bits per heavy atom. The van der Waals surface area contributed by atoms with E-state index in [0.717, 1.165) is 16.6 Å². The van der Waals surface area contributed by atoms with Gasteiger partial charge in [0.1, 0.15) is 5.75 Å². The maximum Gasteiger partial charge on any atom is 0.416 e. The van der Waals surface area contributed by atoms with Crippen molar-refractivity contribution < 1.29 is 26.4 Å². The molecule has 0 atom stereocenters. The van der Waals surface area contributed by atoms with Crippen molar-refractivity contribution in [2.24, 2.45) is 0 Å². The largest absolute Gasteiger partial charge is 0.416 e. The van der Waals surface area contributed by atoms with E-state index in [-0.39, 0.29) is 17.9 Å². The first-order valence-electron chi connectivity index (χ1n) is 7.93. The van der Waals surface area contributed by atoms with Crippen LogP contribution in [-0.2, 0) is 26.6 Å². The van der Waals surface area contributed by atoms with Crippen LogP contribution in [0, 0.1) is 11.8 Å². The number of carbonyl (C=O) groups excluding carboxylic acids is 1. The van der Waals surface area contributed by atoms with Gasteiger partial charge in [0.25, 0.3) is 0 Å². The number of alkyl halides is 3. The summed E-state index contributed by atoms with van der Waals surface area (Å²) in [6.07, 6.45) is -4.46. The number of sulfone groups is 1. The minimum absolute atomic E-state index is 0.145. The lowest BCUT2D eigenvalue weighted by Crippen LogP contribution is -2.31. The second-order valence-electron chi connectivity index (χ2n) is 5.82. The van der Waals surface area contributed by atoms with E-state index in [1.165, 1.54) is 12.1 Å². The highest BCUT2D eigenvalue weighted by molar-refractivity contribution is 9.10. The van der Waals surface area contributed by atoms with Crippen molar-refractivity contribution in [3.8, 4) is 11.8 Å². The maximum atomic E-state index is 12.6. The highest BCUT2D eigenvalue weighted by Crippen LogP contribution is 2.29. The average molecular weight is 474 g/mol. The first-order chi connectivity index (χ1) is 13.0. The van der Waals surface area contributed by atoms with Crippen LogP contribution in [0.3, 0.4) is 0 Å². The number of nitrogens with one attached hydrogen (secondary N) is 1. The third kappa shape index (κ3) is 7.37. The topological polar surface area (TPSA) is 63.2 Å². The van der Waals surface area contributed by atoms with Crippen molar-refractivity contribution in [3.05, 3.63) is 69.7 Å². The molecule has 2 aromatic carbocycles. The third-order valence-corrected chi connectivity index (χ3v) is 5.45. The zero-order valence-electron chi connectivity index (χ0n) is 14.4. The molecule has 0 saturated heterocycles. The van der Waals surface area contributed by atoms with Crippen molar-refractivity contribution in [1.82, 2.24) is 5.32 Å².